The van der Waals surface area contributed by atoms with E-state index >= 15 is 0 Å². The van der Waals surface area contributed by atoms with Crippen LogP contribution in [0.25, 0.3) is 0 Å². The van der Waals surface area contributed by atoms with Crippen LogP contribution in [0.5, 0.6) is 0 Å². The maximum atomic E-state index is 13.5. The van der Waals surface area contributed by atoms with E-state index in [-0.39, 0.29) is 11.4 Å². The molecule has 0 saturated heterocycles. The van der Waals surface area contributed by atoms with Crippen molar-refractivity contribution < 1.29 is 9.31 Å². The summed E-state index contributed by atoms with van der Waals surface area (Å²) in [4.78, 5) is 11.8. The minimum Gasteiger partial charge on any atom is -0.364 e. The second-order valence-corrected chi connectivity index (χ2v) is 3.04. The van der Waals surface area contributed by atoms with Crippen LogP contribution in [-0.2, 0) is 0 Å². The van der Waals surface area contributed by atoms with Gasteiger partial charge in [-0.1, -0.05) is 6.07 Å². The largest absolute Gasteiger partial charge is 0.364 e. The van der Waals surface area contributed by atoms with Crippen LogP contribution in [0.2, 0.25) is 0 Å². The predicted octanol–water partition coefficient (Wildman–Crippen LogP) is 2.58. The summed E-state index contributed by atoms with van der Waals surface area (Å²) in [5.74, 6) is -0.548. The molecule has 0 aliphatic rings. The Kier molecular flexibility index (Phi) is 3.60. The van der Waals surface area contributed by atoms with Crippen LogP contribution >= 0.6 is 0 Å². The molecule has 0 unspecified atom stereocenters. The normalized spacial score (nSPS) is 10.1. The molecule has 1 aromatic carbocycles. The number of nitrogens with zero attached hydrogens (tertiary/aromatic N) is 2. The molecule has 82 valence electrons. The summed E-state index contributed by atoms with van der Waals surface area (Å²) in [5, 5.41) is 10.7. The summed E-state index contributed by atoms with van der Waals surface area (Å²) in [6.45, 7) is 4.75. The Balaban J connectivity index is 3.29. The van der Waals surface area contributed by atoms with Gasteiger partial charge in [-0.05, 0) is 19.9 Å². The fourth-order valence-electron chi connectivity index (χ4n) is 1.50. The standard InChI is InChI=1S/C10H13FN2O2/c1-3-12(4-2)10-8(11)6-5-7-9(10)13(14)15/h5-7H,3-4H2,1-2H3. The number of para-hydroxylation sites is 1. The highest BCUT2D eigenvalue weighted by Crippen LogP contribution is 2.30. The second-order valence-electron chi connectivity index (χ2n) is 3.04. The number of rotatable bonds is 4. The molecule has 0 heterocycles. The van der Waals surface area contributed by atoms with E-state index < -0.39 is 10.7 Å². The zero-order chi connectivity index (χ0) is 11.4. The molecule has 0 aliphatic carbocycles. The molecule has 1 rings (SSSR count). The molecular formula is C10H13FN2O2. The van der Waals surface area contributed by atoms with Crippen molar-refractivity contribution in [3.63, 3.8) is 0 Å². The third-order valence-electron chi connectivity index (χ3n) is 2.24. The number of anilines is 1. The van der Waals surface area contributed by atoms with Crippen molar-refractivity contribution in [2.75, 3.05) is 18.0 Å². The van der Waals surface area contributed by atoms with Gasteiger partial charge in [0.15, 0.2) is 11.5 Å². The number of nitro groups is 1. The van der Waals surface area contributed by atoms with Crippen LogP contribution in [-0.4, -0.2) is 18.0 Å². The first-order valence-corrected chi connectivity index (χ1v) is 4.79. The predicted molar refractivity (Wildman–Crippen MR) is 56.6 cm³/mol. The van der Waals surface area contributed by atoms with Gasteiger partial charge in [-0.2, -0.15) is 0 Å². The molecule has 0 saturated carbocycles. The van der Waals surface area contributed by atoms with Gasteiger partial charge in [-0.15, -0.1) is 0 Å². The van der Waals surface area contributed by atoms with Crippen molar-refractivity contribution in [1.82, 2.24) is 0 Å². The van der Waals surface area contributed by atoms with Gasteiger partial charge in [0.05, 0.1) is 4.92 Å². The van der Waals surface area contributed by atoms with E-state index in [1.54, 1.807) is 4.90 Å². The molecule has 5 heteroatoms. The Morgan fingerprint density at radius 1 is 1.40 bits per heavy atom. The average molecular weight is 212 g/mol. The van der Waals surface area contributed by atoms with Crippen LogP contribution in [0.3, 0.4) is 0 Å². The summed E-state index contributed by atoms with van der Waals surface area (Å²) in [7, 11) is 0. The van der Waals surface area contributed by atoms with E-state index in [9.17, 15) is 14.5 Å². The molecule has 0 spiro atoms. The Morgan fingerprint density at radius 3 is 2.47 bits per heavy atom. The maximum absolute atomic E-state index is 13.5. The molecule has 0 N–H and O–H groups in total. The lowest BCUT2D eigenvalue weighted by atomic mass is 10.2. The van der Waals surface area contributed by atoms with Crippen molar-refractivity contribution in [3.8, 4) is 0 Å². The molecule has 0 amide bonds. The van der Waals surface area contributed by atoms with Crippen LogP contribution in [0, 0.1) is 15.9 Å². The number of nitro benzene ring substituents is 1. The van der Waals surface area contributed by atoms with E-state index in [2.05, 4.69) is 0 Å². The van der Waals surface area contributed by atoms with Gasteiger partial charge in [0.1, 0.15) is 0 Å². The number of benzene rings is 1. The van der Waals surface area contributed by atoms with Gasteiger partial charge in [-0.3, -0.25) is 10.1 Å². The summed E-state index contributed by atoms with van der Waals surface area (Å²) >= 11 is 0. The lowest BCUT2D eigenvalue weighted by molar-refractivity contribution is -0.384. The summed E-state index contributed by atoms with van der Waals surface area (Å²) < 4.78 is 13.5. The monoisotopic (exact) mass is 212 g/mol. The van der Waals surface area contributed by atoms with Crippen LogP contribution in [0.4, 0.5) is 15.8 Å². The van der Waals surface area contributed by atoms with Crippen LogP contribution < -0.4 is 4.90 Å². The second kappa shape index (κ2) is 4.72. The van der Waals surface area contributed by atoms with E-state index in [1.165, 1.54) is 18.2 Å². The minimum atomic E-state index is -0.559. The van der Waals surface area contributed by atoms with Crippen LogP contribution in [0.15, 0.2) is 18.2 Å². The molecule has 0 atom stereocenters. The molecule has 0 fully saturated rings. The minimum absolute atomic E-state index is 0.0764. The fraction of sp³-hybridized carbons (Fsp3) is 0.400. The maximum Gasteiger partial charge on any atom is 0.295 e. The Morgan fingerprint density at radius 2 is 2.00 bits per heavy atom. The topological polar surface area (TPSA) is 46.4 Å². The first-order chi connectivity index (χ1) is 7.11. The molecular weight excluding hydrogens is 199 g/mol. The average Bonchev–Trinajstić information content (AvgIpc) is 2.21. The molecule has 15 heavy (non-hydrogen) atoms. The Bertz CT molecular complexity index is 364. The van der Waals surface area contributed by atoms with Gasteiger partial charge in [0, 0.05) is 19.2 Å². The highest BCUT2D eigenvalue weighted by Gasteiger charge is 2.21. The lowest BCUT2D eigenvalue weighted by Gasteiger charge is -2.20. The summed E-state index contributed by atoms with van der Waals surface area (Å²) in [5.41, 5.74) is -0.105. The van der Waals surface area contributed by atoms with Crippen LogP contribution in [0.1, 0.15) is 13.8 Å². The van der Waals surface area contributed by atoms with Crippen molar-refractivity contribution in [1.29, 1.82) is 0 Å². The quantitative estimate of drug-likeness (QED) is 0.569. The molecule has 0 bridgehead atoms. The first kappa shape index (κ1) is 11.4. The smallest absolute Gasteiger partial charge is 0.295 e. The van der Waals surface area contributed by atoms with Crippen molar-refractivity contribution >= 4 is 11.4 Å². The molecule has 0 aromatic heterocycles. The zero-order valence-electron chi connectivity index (χ0n) is 8.74. The number of hydrogen-bond acceptors (Lipinski definition) is 3. The van der Waals surface area contributed by atoms with E-state index in [0.29, 0.717) is 13.1 Å². The van der Waals surface area contributed by atoms with E-state index in [0.717, 1.165) is 0 Å². The first-order valence-electron chi connectivity index (χ1n) is 4.79. The number of halogens is 1. The SMILES string of the molecule is CCN(CC)c1c(F)cccc1[N+](=O)[O-]. The molecule has 4 nitrogen and oxygen atoms in total. The third-order valence-corrected chi connectivity index (χ3v) is 2.24. The van der Waals surface area contributed by atoms with E-state index in [4.69, 9.17) is 0 Å². The summed E-state index contributed by atoms with van der Waals surface area (Å²) in [6.07, 6.45) is 0. The van der Waals surface area contributed by atoms with Gasteiger partial charge < -0.3 is 4.90 Å². The zero-order valence-corrected chi connectivity index (χ0v) is 8.74. The molecule has 0 radical (unpaired) electrons. The highest BCUT2D eigenvalue weighted by atomic mass is 19.1. The third kappa shape index (κ3) is 2.23. The molecule has 0 aliphatic heterocycles. The fourth-order valence-corrected chi connectivity index (χ4v) is 1.50. The van der Waals surface area contributed by atoms with Crippen molar-refractivity contribution in [2.24, 2.45) is 0 Å². The Labute approximate surface area is 87.5 Å². The van der Waals surface area contributed by atoms with Gasteiger partial charge >= 0.3 is 0 Å². The van der Waals surface area contributed by atoms with Crippen molar-refractivity contribution in [2.45, 2.75) is 13.8 Å². The van der Waals surface area contributed by atoms with E-state index in [1.807, 2.05) is 13.8 Å². The van der Waals surface area contributed by atoms with Gasteiger partial charge in [-0.25, -0.2) is 4.39 Å². The van der Waals surface area contributed by atoms with Gasteiger partial charge in [0.25, 0.3) is 5.69 Å². The van der Waals surface area contributed by atoms with Crippen molar-refractivity contribution in [3.05, 3.63) is 34.1 Å². The Hall–Kier alpha value is -1.65. The lowest BCUT2D eigenvalue weighted by Crippen LogP contribution is -2.24. The highest BCUT2D eigenvalue weighted by molar-refractivity contribution is 5.63. The van der Waals surface area contributed by atoms with Gasteiger partial charge in [0.2, 0.25) is 0 Å². The summed E-state index contributed by atoms with van der Waals surface area (Å²) in [6, 6.07) is 3.90. The number of hydrogen-bond donors (Lipinski definition) is 0. The molecule has 1 aromatic rings.